The predicted molar refractivity (Wildman–Crippen MR) is 86.5 cm³/mol. The molecule has 0 atom stereocenters. The van der Waals surface area contributed by atoms with Gasteiger partial charge < -0.3 is 6.42 Å². The first-order valence-corrected chi connectivity index (χ1v) is 7.21. The molecular formula is C17H41Y-. The first-order chi connectivity index (χ1) is 7.39. The van der Waals surface area contributed by atoms with Gasteiger partial charge in [-0.1, -0.05) is 82.6 Å². The van der Waals surface area contributed by atoms with E-state index in [1.807, 2.05) is 27.7 Å². The van der Waals surface area contributed by atoms with Crippen molar-refractivity contribution in [2.24, 2.45) is 11.3 Å². The van der Waals surface area contributed by atoms with Crippen molar-refractivity contribution in [2.75, 3.05) is 0 Å². The van der Waals surface area contributed by atoms with E-state index in [4.69, 9.17) is 0 Å². The molecule has 113 valence electrons. The number of hydrogen-bond donors (Lipinski definition) is 0. The van der Waals surface area contributed by atoms with Crippen LogP contribution in [0, 0.1) is 17.8 Å². The van der Waals surface area contributed by atoms with E-state index in [2.05, 4.69) is 41.0 Å². The molecule has 0 saturated heterocycles. The normalized spacial score (nSPS) is 13.8. The van der Waals surface area contributed by atoms with Crippen LogP contribution in [0.2, 0.25) is 0 Å². The predicted octanol–water partition coefficient (Wildman–Crippen LogP) is 7.14. The van der Waals surface area contributed by atoms with Crippen molar-refractivity contribution >= 4 is 0 Å². The second-order valence-electron chi connectivity index (χ2n) is 5.55. The zero-order valence-corrected chi connectivity index (χ0v) is 16.9. The average Bonchev–Trinajstić information content (AvgIpc) is 2.22. The molecule has 0 spiro atoms. The first-order valence-electron chi connectivity index (χ1n) is 7.21. The summed E-state index contributed by atoms with van der Waals surface area (Å²) >= 11 is 0. The summed E-state index contributed by atoms with van der Waals surface area (Å²) in [4.78, 5) is 0. The molecule has 1 aliphatic rings. The summed E-state index contributed by atoms with van der Waals surface area (Å²) < 4.78 is 0. The Hall–Kier alpha value is 1.10. The van der Waals surface area contributed by atoms with E-state index < -0.39 is 0 Å². The molecular weight excluding hydrogens is 293 g/mol. The fourth-order valence-electron chi connectivity index (χ4n) is 1.09. The van der Waals surface area contributed by atoms with E-state index in [0.29, 0.717) is 5.41 Å². The third-order valence-corrected chi connectivity index (χ3v) is 1.73. The molecule has 1 heteroatoms. The van der Waals surface area contributed by atoms with Crippen LogP contribution in [-0.4, -0.2) is 0 Å². The minimum atomic E-state index is 0. The van der Waals surface area contributed by atoms with Gasteiger partial charge in [0.05, 0.1) is 0 Å². The molecule has 0 aromatic carbocycles. The van der Waals surface area contributed by atoms with Gasteiger partial charge in [-0.05, 0) is 11.3 Å². The van der Waals surface area contributed by atoms with Crippen LogP contribution in [0.4, 0.5) is 0 Å². The largest absolute Gasteiger partial charge is 0.328 e. The Kier molecular flexibility index (Phi) is 40.6. The fourth-order valence-corrected chi connectivity index (χ4v) is 1.09. The Morgan fingerprint density at radius 1 is 0.833 bits per heavy atom. The van der Waals surface area contributed by atoms with Gasteiger partial charge in [-0.25, -0.2) is 0 Å². The Labute approximate surface area is 145 Å². The van der Waals surface area contributed by atoms with E-state index in [0.717, 1.165) is 5.92 Å². The van der Waals surface area contributed by atoms with Crippen LogP contribution >= 0.6 is 0 Å². The van der Waals surface area contributed by atoms with Crippen LogP contribution in [-0.2, 0) is 32.7 Å². The Bertz CT molecular complexity index is 90.7. The molecule has 0 aromatic heterocycles. The van der Waals surface area contributed by atoms with E-state index >= 15 is 0 Å². The van der Waals surface area contributed by atoms with Crippen molar-refractivity contribution in [3.63, 3.8) is 0 Å². The smallest absolute Gasteiger partial charge is 0 e. The SMILES string of the molecule is C.CC.CC.CC(C)(C)C.CC1CC[CH-]CC1.[Y]. The van der Waals surface area contributed by atoms with Crippen LogP contribution in [0.3, 0.4) is 0 Å². The summed E-state index contributed by atoms with van der Waals surface area (Å²) in [7, 11) is 0. The van der Waals surface area contributed by atoms with Gasteiger partial charge in [0, 0.05) is 32.7 Å². The molecule has 0 heterocycles. The van der Waals surface area contributed by atoms with E-state index in [1.54, 1.807) is 0 Å². The third kappa shape index (κ3) is 53.5. The van der Waals surface area contributed by atoms with Gasteiger partial charge in [-0.2, -0.15) is 12.8 Å². The molecule has 0 aliphatic heterocycles. The standard InChI is InChI=1S/C7H13.C5H12.2C2H6.CH4.Y/c1-7-5-3-2-4-6-7;1-5(2,3)4;2*1-2;;/h2,7H,3-6H2,1H3;1-4H3;2*1-2H3;1H4;/q-1;;;;;. The van der Waals surface area contributed by atoms with Crippen LogP contribution in [0.15, 0.2) is 0 Å². The quantitative estimate of drug-likeness (QED) is 0.413. The molecule has 0 amide bonds. The number of rotatable bonds is 0. The first kappa shape index (κ1) is 31.5. The van der Waals surface area contributed by atoms with Crippen molar-refractivity contribution in [3.8, 4) is 0 Å². The maximum atomic E-state index is 2.40. The van der Waals surface area contributed by atoms with E-state index in [1.165, 1.54) is 25.7 Å². The Morgan fingerprint density at radius 3 is 1.17 bits per heavy atom. The van der Waals surface area contributed by atoms with Gasteiger partial charge in [-0.3, -0.25) is 0 Å². The minimum Gasteiger partial charge on any atom is -0.328 e. The summed E-state index contributed by atoms with van der Waals surface area (Å²) in [6.07, 6.45) is 7.99. The molecule has 0 bridgehead atoms. The van der Waals surface area contributed by atoms with Crippen molar-refractivity contribution in [3.05, 3.63) is 6.42 Å². The molecule has 1 aliphatic carbocycles. The van der Waals surface area contributed by atoms with Gasteiger partial charge >= 0.3 is 0 Å². The molecule has 0 aromatic rings. The van der Waals surface area contributed by atoms with Gasteiger partial charge in [0.15, 0.2) is 0 Å². The van der Waals surface area contributed by atoms with Crippen molar-refractivity contribution in [1.29, 1.82) is 0 Å². The van der Waals surface area contributed by atoms with Crippen molar-refractivity contribution in [1.82, 2.24) is 0 Å². The number of hydrogen-bond acceptors (Lipinski definition) is 0. The van der Waals surface area contributed by atoms with Crippen molar-refractivity contribution in [2.45, 2.75) is 95.4 Å². The van der Waals surface area contributed by atoms with E-state index in [-0.39, 0.29) is 40.1 Å². The van der Waals surface area contributed by atoms with Gasteiger partial charge in [-0.15, -0.1) is 0 Å². The molecule has 1 radical (unpaired) electrons. The van der Waals surface area contributed by atoms with Gasteiger partial charge in [0.2, 0.25) is 0 Å². The maximum absolute atomic E-state index is 2.40. The maximum Gasteiger partial charge on any atom is 0 e. The topological polar surface area (TPSA) is 0 Å². The molecule has 0 N–H and O–H groups in total. The Balaban J connectivity index is -0.0000000463. The third-order valence-electron chi connectivity index (χ3n) is 1.73. The summed E-state index contributed by atoms with van der Waals surface area (Å²) in [5.74, 6) is 1.00. The average molecular weight is 334 g/mol. The van der Waals surface area contributed by atoms with Crippen LogP contribution in [0.25, 0.3) is 0 Å². The minimum absolute atomic E-state index is 0. The van der Waals surface area contributed by atoms with Gasteiger partial charge in [0.1, 0.15) is 0 Å². The van der Waals surface area contributed by atoms with Crippen LogP contribution in [0.5, 0.6) is 0 Å². The fraction of sp³-hybridized carbons (Fsp3) is 0.941. The zero-order valence-electron chi connectivity index (χ0n) is 14.1. The summed E-state index contributed by atoms with van der Waals surface area (Å²) in [5, 5.41) is 0. The summed E-state index contributed by atoms with van der Waals surface area (Å²) in [5.41, 5.74) is 0.500. The molecule has 0 nitrogen and oxygen atoms in total. The monoisotopic (exact) mass is 334 g/mol. The molecule has 18 heavy (non-hydrogen) atoms. The van der Waals surface area contributed by atoms with Crippen LogP contribution in [0.1, 0.15) is 95.4 Å². The molecule has 1 rings (SSSR count). The molecule has 1 fully saturated rings. The second-order valence-corrected chi connectivity index (χ2v) is 5.55. The van der Waals surface area contributed by atoms with Crippen molar-refractivity contribution < 1.29 is 32.7 Å². The summed E-state index contributed by atoms with van der Waals surface area (Å²) in [6.45, 7) is 19.1. The van der Waals surface area contributed by atoms with E-state index in [9.17, 15) is 0 Å². The second kappa shape index (κ2) is 23.2. The van der Waals surface area contributed by atoms with Gasteiger partial charge in [0.25, 0.3) is 0 Å². The molecule has 1 saturated carbocycles. The zero-order chi connectivity index (χ0) is 13.6. The molecule has 0 unspecified atom stereocenters. The van der Waals surface area contributed by atoms with Crippen LogP contribution < -0.4 is 0 Å². The summed E-state index contributed by atoms with van der Waals surface area (Å²) in [6, 6.07) is 0. The Morgan fingerprint density at radius 2 is 1.06 bits per heavy atom.